The maximum absolute atomic E-state index is 12.8. The van der Waals surface area contributed by atoms with Crippen molar-refractivity contribution in [1.29, 1.82) is 0 Å². The fourth-order valence-electron chi connectivity index (χ4n) is 2.67. The summed E-state index contributed by atoms with van der Waals surface area (Å²) >= 11 is 12.4. The van der Waals surface area contributed by atoms with Crippen LogP contribution in [-0.4, -0.2) is 13.4 Å². The Morgan fingerprint density at radius 2 is 1.54 bits per heavy atom. The molecule has 0 aliphatic carbocycles. The van der Waals surface area contributed by atoms with E-state index in [0.29, 0.717) is 20.1 Å². The van der Waals surface area contributed by atoms with Crippen molar-refractivity contribution in [2.24, 2.45) is 0 Å². The molecule has 3 aromatic rings. The lowest BCUT2D eigenvalue weighted by Gasteiger charge is -2.18. The molecular formula is C19H16Cl2N2O2S. The molecule has 134 valence electrons. The van der Waals surface area contributed by atoms with Crippen LogP contribution >= 0.6 is 23.4 Å². The van der Waals surface area contributed by atoms with Gasteiger partial charge in [-0.3, -0.25) is 0 Å². The van der Waals surface area contributed by atoms with Crippen LogP contribution in [0.1, 0.15) is 11.3 Å². The molecule has 0 bridgehead atoms. The van der Waals surface area contributed by atoms with Gasteiger partial charge in [0.25, 0.3) is 10.0 Å². The van der Waals surface area contributed by atoms with Crippen LogP contribution in [0.2, 0.25) is 5.02 Å². The minimum atomic E-state index is -3.91. The van der Waals surface area contributed by atoms with Crippen molar-refractivity contribution < 1.29 is 8.42 Å². The standard InChI is InChI=1S/C19H16Cl2N2O2S/c1-13-7-3-6-10-18(13)26(24,25)23(21)19-12-11-15(14(2)22-19)16-8-4-5-9-17(16)20/h3-12H,1-2H3. The van der Waals surface area contributed by atoms with Gasteiger partial charge in [-0.1, -0.05) is 48.0 Å². The summed E-state index contributed by atoms with van der Waals surface area (Å²) in [6, 6.07) is 17.4. The Balaban J connectivity index is 2.02. The van der Waals surface area contributed by atoms with Crippen LogP contribution in [0, 0.1) is 13.8 Å². The second-order valence-electron chi connectivity index (χ2n) is 5.77. The molecule has 7 heteroatoms. The summed E-state index contributed by atoms with van der Waals surface area (Å²) in [5.41, 5.74) is 2.88. The van der Waals surface area contributed by atoms with E-state index in [2.05, 4.69) is 4.98 Å². The number of hydrogen-bond acceptors (Lipinski definition) is 3. The molecule has 0 spiro atoms. The minimum Gasteiger partial charge on any atom is -0.233 e. The molecule has 0 atom stereocenters. The minimum absolute atomic E-state index is 0.128. The van der Waals surface area contributed by atoms with Crippen LogP contribution in [0.5, 0.6) is 0 Å². The van der Waals surface area contributed by atoms with Gasteiger partial charge in [0.05, 0.1) is 4.90 Å². The van der Waals surface area contributed by atoms with Crippen LogP contribution in [-0.2, 0) is 10.0 Å². The van der Waals surface area contributed by atoms with Crippen LogP contribution < -0.4 is 3.82 Å². The second-order valence-corrected chi connectivity index (χ2v) is 8.47. The summed E-state index contributed by atoms with van der Waals surface area (Å²) in [4.78, 5) is 4.51. The van der Waals surface area contributed by atoms with Gasteiger partial charge in [-0.05, 0) is 43.7 Å². The Morgan fingerprint density at radius 1 is 0.885 bits per heavy atom. The van der Waals surface area contributed by atoms with Crippen molar-refractivity contribution in [3.63, 3.8) is 0 Å². The molecule has 26 heavy (non-hydrogen) atoms. The average molecular weight is 407 g/mol. The number of aromatic nitrogens is 1. The zero-order valence-electron chi connectivity index (χ0n) is 14.1. The third kappa shape index (κ3) is 3.43. The lowest BCUT2D eigenvalue weighted by Crippen LogP contribution is -2.23. The van der Waals surface area contributed by atoms with Crippen LogP contribution in [0.3, 0.4) is 0 Å². The monoisotopic (exact) mass is 406 g/mol. The van der Waals surface area contributed by atoms with Crippen LogP contribution in [0.15, 0.2) is 65.6 Å². The van der Waals surface area contributed by atoms with Gasteiger partial charge in [0, 0.05) is 33.6 Å². The molecule has 0 saturated heterocycles. The summed E-state index contributed by atoms with van der Waals surface area (Å²) in [6.07, 6.45) is 0. The van der Waals surface area contributed by atoms with Gasteiger partial charge in [0.2, 0.25) is 0 Å². The van der Waals surface area contributed by atoms with Crippen molar-refractivity contribution in [3.05, 3.63) is 76.9 Å². The van der Waals surface area contributed by atoms with Crippen LogP contribution in [0.25, 0.3) is 11.1 Å². The molecule has 0 aliphatic heterocycles. The van der Waals surface area contributed by atoms with Crippen molar-refractivity contribution >= 4 is 39.2 Å². The van der Waals surface area contributed by atoms with E-state index in [0.717, 1.165) is 11.1 Å². The van der Waals surface area contributed by atoms with E-state index in [-0.39, 0.29) is 10.7 Å². The number of benzene rings is 2. The molecule has 0 radical (unpaired) electrons. The number of halogens is 2. The Kier molecular flexibility index (Phi) is 5.23. The summed E-state index contributed by atoms with van der Waals surface area (Å²) in [7, 11) is -3.91. The third-order valence-electron chi connectivity index (χ3n) is 4.00. The Bertz CT molecular complexity index is 1070. The van der Waals surface area contributed by atoms with E-state index < -0.39 is 10.0 Å². The van der Waals surface area contributed by atoms with Crippen molar-refractivity contribution in [3.8, 4) is 11.1 Å². The predicted octanol–water partition coefficient (Wildman–Crippen LogP) is 5.37. The van der Waals surface area contributed by atoms with Crippen molar-refractivity contribution in [2.45, 2.75) is 18.7 Å². The molecule has 1 aromatic heterocycles. The molecule has 0 saturated carbocycles. The van der Waals surface area contributed by atoms with Crippen LogP contribution in [0.4, 0.5) is 5.82 Å². The topological polar surface area (TPSA) is 50.3 Å². The Labute approximate surface area is 163 Å². The maximum Gasteiger partial charge on any atom is 0.279 e. The smallest absolute Gasteiger partial charge is 0.233 e. The molecule has 1 heterocycles. The van der Waals surface area contributed by atoms with E-state index in [9.17, 15) is 8.42 Å². The fourth-order valence-corrected chi connectivity index (χ4v) is 4.47. The normalized spacial score (nSPS) is 11.4. The SMILES string of the molecule is Cc1ccccc1S(=O)(=O)N(Cl)c1ccc(-c2ccccc2Cl)c(C)n1. The first-order valence-corrected chi connectivity index (χ1v) is 9.97. The Morgan fingerprint density at radius 3 is 2.19 bits per heavy atom. The molecule has 0 unspecified atom stereocenters. The molecule has 0 fully saturated rings. The summed E-state index contributed by atoms with van der Waals surface area (Å²) in [5, 5.41) is 0.598. The summed E-state index contributed by atoms with van der Waals surface area (Å²) in [6.45, 7) is 3.50. The van der Waals surface area contributed by atoms with Gasteiger partial charge in [0.15, 0.2) is 5.82 Å². The largest absolute Gasteiger partial charge is 0.279 e. The zero-order chi connectivity index (χ0) is 18.9. The molecule has 4 nitrogen and oxygen atoms in total. The lowest BCUT2D eigenvalue weighted by molar-refractivity contribution is 0.597. The van der Waals surface area contributed by atoms with E-state index >= 15 is 0 Å². The average Bonchev–Trinajstić information content (AvgIpc) is 2.62. The first-order chi connectivity index (χ1) is 12.3. The number of sulfonamides is 1. The molecule has 0 amide bonds. The molecule has 0 aliphatic rings. The highest BCUT2D eigenvalue weighted by Gasteiger charge is 2.26. The highest BCUT2D eigenvalue weighted by Crippen LogP contribution is 2.32. The van der Waals surface area contributed by atoms with Gasteiger partial charge in [-0.2, -0.15) is 12.2 Å². The fraction of sp³-hybridized carbons (Fsp3) is 0.105. The molecular weight excluding hydrogens is 391 g/mol. The van der Waals surface area contributed by atoms with E-state index in [1.807, 2.05) is 18.2 Å². The van der Waals surface area contributed by atoms with E-state index in [1.54, 1.807) is 50.2 Å². The maximum atomic E-state index is 12.8. The Hall–Kier alpha value is -2.08. The lowest BCUT2D eigenvalue weighted by atomic mass is 10.0. The second kappa shape index (κ2) is 7.27. The van der Waals surface area contributed by atoms with Gasteiger partial charge >= 0.3 is 0 Å². The number of rotatable bonds is 4. The van der Waals surface area contributed by atoms with Crippen molar-refractivity contribution in [1.82, 2.24) is 4.98 Å². The highest BCUT2D eigenvalue weighted by molar-refractivity contribution is 7.94. The number of aryl methyl sites for hydroxylation is 2. The first kappa shape index (κ1) is 18.7. The number of anilines is 1. The predicted molar refractivity (Wildman–Crippen MR) is 106 cm³/mol. The zero-order valence-corrected chi connectivity index (χ0v) is 16.5. The van der Waals surface area contributed by atoms with Crippen molar-refractivity contribution in [2.75, 3.05) is 3.82 Å². The highest BCUT2D eigenvalue weighted by atomic mass is 35.5. The first-order valence-electron chi connectivity index (χ1n) is 7.81. The quantitative estimate of drug-likeness (QED) is 0.547. The summed E-state index contributed by atoms with van der Waals surface area (Å²) < 4.78 is 26.3. The van der Waals surface area contributed by atoms with Gasteiger partial charge < -0.3 is 0 Å². The number of nitrogens with zero attached hydrogens (tertiary/aromatic N) is 2. The molecule has 0 N–H and O–H groups in total. The molecule has 3 rings (SSSR count). The van der Waals surface area contributed by atoms with E-state index in [1.165, 1.54) is 6.07 Å². The van der Waals surface area contributed by atoms with E-state index in [4.69, 9.17) is 23.4 Å². The van der Waals surface area contributed by atoms with Gasteiger partial charge in [-0.25, -0.2) is 4.98 Å². The molecule has 2 aromatic carbocycles. The number of hydrogen-bond donors (Lipinski definition) is 0. The van der Waals surface area contributed by atoms with Gasteiger partial charge in [0.1, 0.15) is 0 Å². The third-order valence-corrected chi connectivity index (χ3v) is 6.67. The van der Waals surface area contributed by atoms with Gasteiger partial charge in [-0.15, -0.1) is 0 Å². The summed E-state index contributed by atoms with van der Waals surface area (Å²) in [5.74, 6) is 0.128. The number of pyridine rings is 1.